The summed E-state index contributed by atoms with van der Waals surface area (Å²) in [5.74, 6) is -1.51. The van der Waals surface area contributed by atoms with E-state index in [0.29, 0.717) is 43.4 Å². The molecule has 0 bridgehead atoms. The van der Waals surface area contributed by atoms with E-state index in [2.05, 4.69) is 15.2 Å². The number of benzene rings is 1. The Kier molecular flexibility index (Phi) is 5.05. The van der Waals surface area contributed by atoms with Gasteiger partial charge in [0.2, 0.25) is 0 Å². The molecule has 4 rings (SSSR count). The van der Waals surface area contributed by atoms with Gasteiger partial charge < -0.3 is 10.2 Å². The number of nitrogens with zero attached hydrogens (tertiary/aromatic N) is 4. The van der Waals surface area contributed by atoms with Gasteiger partial charge in [0.1, 0.15) is 11.6 Å². The number of hydrogen-bond donors (Lipinski definition) is 1. The highest BCUT2D eigenvalue weighted by atomic mass is 32.1. The monoisotopic (exact) mass is 405 g/mol. The molecule has 0 aliphatic carbocycles. The summed E-state index contributed by atoms with van der Waals surface area (Å²) < 4.78 is 28.2. The third kappa shape index (κ3) is 3.87. The van der Waals surface area contributed by atoms with Crippen molar-refractivity contribution >= 4 is 28.0 Å². The molecule has 2 amide bonds. The maximum absolute atomic E-state index is 13.7. The van der Waals surface area contributed by atoms with E-state index in [4.69, 9.17) is 0 Å². The highest BCUT2D eigenvalue weighted by Crippen LogP contribution is 2.16. The molecular weight excluding hydrogens is 388 g/mol. The number of amides is 2. The van der Waals surface area contributed by atoms with Gasteiger partial charge in [-0.1, -0.05) is 0 Å². The zero-order chi connectivity index (χ0) is 19.7. The van der Waals surface area contributed by atoms with Gasteiger partial charge in [0.25, 0.3) is 5.56 Å². The van der Waals surface area contributed by atoms with E-state index in [-0.39, 0.29) is 11.2 Å². The van der Waals surface area contributed by atoms with Gasteiger partial charge >= 0.3 is 6.03 Å². The van der Waals surface area contributed by atoms with Crippen LogP contribution in [0.4, 0.5) is 19.3 Å². The van der Waals surface area contributed by atoms with Crippen LogP contribution in [0.5, 0.6) is 0 Å². The fourth-order valence-corrected chi connectivity index (χ4v) is 3.83. The highest BCUT2D eigenvalue weighted by Gasteiger charge is 2.22. The van der Waals surface area contributed by atoms with Crippen LogP contribution in [-0.2, 0) is 6.54 Å². The summed E-state index contributed by atoms with van der Waals surface area (Å²) in [4.78, 5) is 33.2. The van der Waals surface area contributed by atoms with Crippen molar-refractivity contribution in [2.24, 2.45) is 0 Å². The van der Waals surface area contributed by atoms with Crippen LogP contribution in [-0.4, -0.2) is 51.4 Å². The molecule has 3 aromatic rings. The highest BCUT2D eigenvalue weighted by molar-refractivity contribution is 7.15. The molecule has 0 radical (unpaired) electrons. The molecule has 28 heavy (non-hydrogen) atoms. The molecule has 1 aliphatic heterocycles. The predicted octanol–water partition coefficient (Wildman–Crippen LogP) is 2.38. The van der Waals surface area contributed by atoms with E-state index in [9.17, 15) is 18.4 Å². The molecule has 0 spiro atoms. The summed E-state index contributed by atoms with van der Waals surface area (Å²) in [6.45, 7) is 2.63. The topological polar surface area (TPSA) is 70.0 Å². The van der Waals surface area contributed by atoms with Gasteiger partial charge in [-0.3, -0.25) is 14.1 Å². The van der Waals surface area contributed by atoms with E-state index >= 15 is 0 Å². The zero-order valence-electron chi connectivity index (χ0n) is 14.8. The molecule has 146 valence electrons. The second kappa shape index (κ2) is 7.64. The van der Waals surface area contributed by atoms with Crippen molar-refractivity contribution in [3.05, 3.63) is 63.5 Å². The fourth-order valence-electron chi connectivity index (χ4n) is 3.09. The fraction of sp³-hybridized carbons (Fsp3) is 0.278. The van der Waals surface area contributed by atoms with Crippen LogP contribution in [0.15, 0.2) is 40.6 Å². The molecule has 10 heteroatoms. The second-order valence-electron chi connectivity index (χ2n) is 6.46. The number of aromatic nitrogens is 2. The molecule has 7 nitrogen and oxygen atoms in total. The normalized spacial score (nSPS) is 15.1. The van der Waals surface area contributed by atoms with Gasteiger partial charge in [-0.25, -0.2) is 18.6 Å². The minimum Gasteiger partial charge on any atom is -0.322 e. The summed E-state index contributed by atoms with van der Waals surface area (Å²) in [6, 6.07) is 4.12. The van der Waals surface area contributed by atoms with Gasteiger partial charge in [-0.05, 0) is 12.1 Å². The standard InChI is InChI=1S/C18H17F2N5O2S/c19-12-1-2-15(14(20)9-12)22-17(27)24-5-3-23(4-6-24)11-13-10-16(26)25-7-8-28-18(25)21-13/h1-2,7-10H,3-6,11H2,(H,22,27). The molecule has 1 saturated heterocycles. The first-order valence-corrected chi connectivity index (χ1v) is 9.57. The number of thiazole rings is 1. The number of rotatable bonds is 3. The SMILES string of the molecule is O=C(Nc1ccc(F)cc1F)N1CCN(Cc2cc(=O)n3ccsc3n2)CC1. The van der Waals surface area contributed by atoms with Gasteiger partial charge in [0.15, 0.2) is 4.96 Å². The van der Waals surface area contributed by atoms with Gasteiger partial charge in [-0.2, -0.15) is 0 Å². The summed E-state index contributed by atoms with van der Waals surface area (Å²) in [7, 11) is 0. The lowest BCUT2D eigenvalue weighted by Gasteiger charge is -2.34. The molecule has 1 fully saturated rings. The zero-order valence-corrected chi connectivity index (χ0v) is 15.6. The number of anilines is 1. The third-order valence-electron chi connectivity index (χ3n) is 4.57. The number of carbonyl (C=O) groups excluding carboxylic acids is 1. The van der Waals surface area contributed by atoms with Crippen LogP contribution in [0.2, 0.25) is 0 Å². The van der Waals surface area contributed by atoms with E-state index < -0.39 is 17.7 Å². The maximum Gasteiger partial charge on any atom is 0.322 e. The van der Waals surface area contributed by atoms with Crippen molar-refractivity contribution in [3.63, 3.8) is 0 Å². The van der Waals surface area contributed by atoms with Crippen molar-refractivity contribution in [3.8, 4) is 0 Å². The van der Waals surface area contributed by atoms with E-state index in [1.165, 1.54) is 27.9 Å². The largest absolute Gasteiger partial charge is 0.322 e. The lowest BCUT2D eigenvalue weighted by molar-refractivity contribution is 0.142. The number of piperazine rings is 1. The maximum atomic E-state index is 13.7. The predicted molar refractivity (Wildman–Crippen MR) is 102 cm³/mol. The first kappa shape index (κ1) is 18.5. The van der Waals surface area contributed by atoms with Crippen LogP contribution in [0.3, 0.4) is 0 Å². The van der Waals surface area contributed by atoms with Crippen LogP contribution in [0.1, 0.15) is 5.69 Å². The number of hydrogen-bond acceptors (Lipinski definition) is 5. The lowest BCUT2D eigenvalue weighted by atomic mass is 10.2. The van der Waals surface area contributed by atoms with Crippen LogP contribution < -0.4 is 10.9 Å². The summed E-state index contributed by atoms with van der Waals surface area (Å²) in [5, 5.41) is 4.28. The number of fused-ring (bicyclic) bond motifs is 1. The number of urea groups is 1. The van der Waals surface area contributed by atoms with Crippen molar-refractivity contribution in [2.75, 3.05) is 31.5 Å². The second-order valence-corrected chi connectivity index (χ2v) is 7.33. The van der Waals surface area contributed by atoms with E-state index in [1.54, 1.807) is 11.1 Å². The Labute approximate surface area is 162 Å². The summed E-state index contributed by atoms with van der Waals surface area (Å²) >= 11 is 1.40. The van der Waals surface area contributed by atoms with Crippen molar-refractivity contribution in [2.45, 2.75) is 6.54 Å². The summed E-state index contributed by atoms with van der Waals surface area (Å²) in [6.07, 6.45) is 1.69. The Morgan fingerprint density at radius 1 is 1.18 bits per heavy atom. The van der Waals surface area contributed by atoms with Gasteiger partial charge in [0.05, 0.1) is 11.4 Å². The Morgan fingerprint density at radius 3 is 2.71 bits per heavy atom. The average Bonchev–Trinajstić information content (AvgIpc) is 3.14. The molecule has 0 saturated carbocycles. The molecule has 0 atom stereocenters. The minimum absolute atomic E-state index is 0.0530. The number of carbonyl (C=O) groups is 1. The number of nitrogens with one attached hydrogen (secondary N) is 1. The van der Waals surface area contributed by atoms with E-state index in [0.717, 1.165) is 12.1 Å². The molecule has 2 aromatic heterocycles. The first-order valence-electron chi connectivity index (χ1n) is 8.69. The van der Waals surface area contributed by atoms with Crippen LogP contribution >= 0.6 is 11.3 Å². The van der Waals surface area contributed by atoms with Crippen LogP contribution in [0.25, 0.3) is 4.96 Å². The molecule has 3 heterocycles. The smallest absolute Gasteiger partial charge is 0.322 e. The Hall–Kier alpha value is -2.85. The van der Waals surface area contributed by atoms with E-state index in [1.807, 2.05) is 5.38 Å². The van der Waals surface area contributed by atoms with Gasteiger partial charge in [0, 0.05) is 56.4 Å². The average molecular weight is 405 g/mol. The molecule has 1 aromatic carbocycles. The van der Waals surface area contributed by atoms with Gasteiger partial charge in [-0.15, -0.1) is 11.3 Å². The van der Waals surface area contributed by atoms with Crippen molar-refractivity contribution in [1.29, 1.82) is 0 Å². The quantitative estimate of drug-likeness (QED) is 0.727. The lowest BCUT2D eigenvalue weighted by Crippen LogP contribution is -2.49. The Morgan fingerprint density at radius 2 is 1.96 bits per heavy atom. The summed E-state index contributed by atoms with van der Waals surface area (Å²) in [5.41, 5.74) is 0.530. The van der Waals surface area contributed by atoms with Crippen molar-refractivity contribution in [1.82, 2.24) is 19.2 Å². The molecule has 1 aliphatic rings. The van der Waals surface area contributed by atoms with Crippen LogP contribution in [0, 0.1) is 11.6 Å². The third-order valence-corrected chi connectivity index (χ3v) is 5.33. The Bertz CT molecular complexity index is 1080. The number of halogens is 2. The molecular formula is C18H17F2N5O2S. The molecule has 1 N–H and O–H groups in total. The Balaban J connectivity index is 1.34. The first-order chi connectivity index (χ1) is 13.5. The minimum atomic E-state index is -0.812. The molecule has 0 unspecified atom stereocenters. The van der Waals surface area contributed by atoms with Crippen molar-refractivity contribution < 1.29 is 13.6 Å².